The zero-order valence-electron chi connectivity index (χ0n) is 10.2. The summed E-state index contributed by atoms with van der Waals surface area (Å²) in [5.74, 6) is 2.83. The van der Waals surface area contributed by atoms with Gasteiger partial charge in [0.2, 0.25) is 0 Å². The van der Waals surface area contributed by atoms with E-state index in [4.69, 9.17) is 5.73 Å². The zero-order valence-corrected chi connectivity index (χ0v) is 10.2. The van der Waals surface area contributed by atoms with Gasteiger partial charge in [-0.15, -0.1) is 0 Å². The Morgan fingerprint density at radius 2 is 2.06 bits per heavy atom. The van der Waals surface area contributed by atoms with Gasteiger partial charge in [0.25, 0.3) is 0 Å². The molecule has 0 bridgehead atoms. The van der Waals surface area contributed by atoms with Crippen LogP contribution in [-0.2, 0) is 7.05 Å². The molecule has 2 aromatic heterocycles. The number of rotatable bonds is 3. The Bertz CT molecular complexity index is 516. The molecule has 0 unspecified atom stereocenters. The molecule has 0 saturated carbocycles. The molecule has 0 aliphatic rings. The zero-order chi connectivity index (χ0) is 12.4. The summed E-state index contributed by atoms with van der Waals surface area (Å²) in [5.41, 5.74) is 5.74. The van der Waals surface area contributed by atoms with Crippen LogP contribution in [0.1, 0.15) is 25.6 Å². The molecule has 0 radical (unpaired) electrons. The van der Waals surface area contributed by atoms with Gasteiger partial charge < -0.3 is 11.1 Å². The summed E-state index contributed by atoms with van der Waals surface area (Å²) in [7, 11) is 1.86. The monoisotopic (exact) mass is 232 g/mol. The molecule has 90 valence electrons. The molecule has 17 heavy (non-hydrogen) atoms. The predicted octanol–water partition coefficient (Wildman–Crippen LogP) is 1.66. The van der Waals surface area contributed by atoms with Crippen LogP contribution in [0.5, 0.6) is 0 Å². The van der Waals surface area contributed by atoms with Crippen LogP contribution in [0.3, 0.4) is 0 Å². The second kappa shape index (κ2) is 4.40. The van der Waals surface area contributed by atoms with E-state index in [-0.39, 0.29) is 5.92 Å². The highest BCUT2D eigenvalue weighted by molar-refractivity contribution is 5.54. The first-order valence-corrected chi connectivity index (χ1v) is 5.45. The van der Waals surface area contributed by atoms with Crippen LogP contribution in [0.2, 0.25) is 0 Å². The largest absolute Gasteiger partial charge is 0.384 e. The number of nitrogens with two attached hydrogens (primary N) is 1. The molecule has 0 fully saturated rings. The van der Waals surface area contributed by atoms with Gasteiger partial charge in [-0.05, 0) is 0 Å². The minimum Gasteiger partial charge on any atom is -0.384 e. The molecule has 0 aromatic carbocycles. The van der Waals surface area contributed by atoms with Crippen LogP contribution >= 0.6 is 0 Å². The fourth-order valence-corrected chi connectivity index (χ4v) is 1.42. The molecule has 2 heterocycles. The van der Waals surface area contributed by atoms with Gasteiger partial charge in [-0.25, -0.2) is 9.97 Å². The number of hydrogen-bond acceptors (Lipinski definition) is 5. The summed E-state index contributed by atoms with van der Waals surface area (Å²) in [6.07, 6.45) is 1.86. The average molecular weight is 232 g/mol. The third-order valence-corrected chi connectivity index (χ3v) is 2.25. The second-order valence-electron chi connectivity index (χ2n) is 4.19. The van der Waals surface area contributed by atoms with Crippen molar-refractivity contribution < 1.29 is 0 Å². The van der Waals surface area contributed by atoms with Crippen molar-refractivity contribution in [2.24, 2.45) is 7.05 Å². The fourth-order valence-electron chi connectivity index (χ4n) is 1.42. The lowest BCUT2D eigenvalue weighted by molar-refractivity contribution is 0.768. The molecular formula is C11H16N6. The summed E-state index contributed by atoms with van der Waals surface area (Å²) < 4.78 is 1.72. The van der Waals surface area contributed by atoms with Gasteiger partial charge >= 0.3 is 0 Å². The maximum absolute atomic E-state index is 5.74. The summed E-state index contributed by atoms with van der Waals surface area (Å²) in [6.45, 7) is 4.05. The van der Waals surface area contributed by atoms with Crippen molar-refractivity contribution in [1.82, 2.24) is 19.7 Å². The molecule has 0 saturated heterocycles. The van der Waals surface area contributed by atoms with E-state index < -0.39 is 0 Å². The SMILES string of the molecule is CC(C)c1nc(N)cc(Nc2ccn(C)n2)n1. The maximum atomic E-state index is 5.74. The van der Waals surface area contributed by atoms with Gasteiger partial charge in [0.1, 0.15) is 17.5 Å². The molecule has 6 nitrogen and oxygen atoms in total. The lowest BCUT2D eigenvalue weighted by Crippen LogP contribution is -2.05. The van der Waals surface area contributed by atoms with Crippen molar-refractivity contribution in [3.05, 3.63) is 24.2 Å². The van der Waals surface area contributed by atoms with Crippen molar-refractivity contribution in [1.29, 1.82) is 0 Å². The highest BCUT2D eigenvalue weighted by Gasteiger charge is 2.07. The molecule has 0 atom stereocenters. The Hall–Kier alpha value is -2.11. The quantitative estimate of drug-likeness (QED) is 0.841. The highest BCUT2D eigenvalue weighted by Crippen LogP contribution is 2.17. The van der Waals surface area contributed by atoms with Crippen LogP contribution in [0.15, 0.2) is 18.3 Å². The van der Waals surface area contributed by atoms with E-state index in [1.54, 1.807) is 10.7 Å². The molecular weight excluding hydrogens is 216 g/mol. The van der Waals surface area contributed by atoms with Crippen molar-refractivity contribution in [2.45, 2.75) is 19.8 Å². The van der Waals surface area contributed by atoms with Crippen LogP contribution in [0.25, 0.3) is 0 Å². The van der Waals surface area contributed by atoms with E-state index in [9.17, 15) is 0 Å². The van der Waals surface area contributed by atoms with Crippen LogP contribution in [0, 0.1) is 0 Å². The number of nitrogens with one attached hydrogen (secondary N) is 1. The Kier molecular flexibility index (Phi) is 2.95. The summed E-state index contributed by atoms with van der Waals surface area (Å²) in [6, 6.07) is 3.56. The van der Waals surface area contributed by atoms with E-state index in [0.717, 1.165) is 11.6 Å². The highest BCUT2D eigenvalue weighted by atomic mass is 15.3. The maximum Gasteiger partial charge on any atom is 0.153 e. The van der Waals surface area contributed by atoms with Crippen molar-refractivity contribution in [3.8, 4) is 0 Å². The minimum absolute atomic E-state index is 0.239. The smallest absolute Gasteiger partial charge is 0.153 e. The first-order chi connectivity index (χ1) is 8.04. The van der Waals surface area contributed by atoms with Crippen LogP contribution in [0.4, 0.5) is 17.5 Å². The van der Waals surface area contributed by atoms with E-state index in [1.807, 2.05) is 33.2 Å². The summed E-state index contributed by atoms with van der Waals surface area (Å²) in [4.78, 5) is 8.57. The lowest BCUT2D eigenvalue weighted by atomic mass is 10.2. The van der Waals surface area contributed by atoms with Gasteiger partial charge in [-0.2, -0.15) is 5.10 Å². The standard InChI is InChI=1S/C11H16N6/c1-7(2)11-13-8(12)6-10(15-11)14-9-4-5-17(3)16-9/h4-7H,1-3H3,(H3,12,13,14,15,16). The van der Waals surface area contributed by atoms with E-state index in [1.165, 1.54) is 0 Å². The minimum atomic E-state index is 0.239. The molecule has 0 amide bonds. The van der Waals surface area contributed by atoms with Gasteiger partial charge in [0, 0.05) is 31.3 Å². The predicted molar refractivity (Wildman–Crippen MR) is 67.0 cm³/mol. The van der Waals surface area contributed by atoms with Crippen LogP contribution < -0.4 is 11.1 Å². The van der Waals surface area contributed by atoms with Gasteiger partial charge in [0.05, 0.1) is 0 Å². The third-order valence-electron chi connectivity index (χ3n) is 2.25. The van der Waals surface area contributed by atoms with E-state index >= 15 is 0 Å². The fraction of sp³-hybridized carbons (Fsp3) is 0.364. The molecule has 2 aromatic rings. The number of aromatic nitrogens is 4. The van der Waals surface area contributed by atoms with E-state index in [2.05, 4.69) is 20.4 Å². The number of hydrogen-bond donors (Lipinski definition) is 2. The summed E-state index contributed by atoms with van der Waals surface area (Å²) >= 11 is 0. The number of aryl methyl sites for hydroxylation is 1. The Balaban J connectivity index is 2.26. The molecule has 0 spiro atoms. The lowest BCUT2D eigenvalue weighted by Gasteiger charge is -2.08. The molecule has 6 heteroatoms. The third kappa shape index (κ3) is 2.72. The molecule has 2 rings (SSSR count). The van der Waals surface area contributed by atoms with Gasteiger partial charge in [0.15, 0.2) is 5.82 Å². The van der Waals surface area contributed by atoms with E-state index in [0.29, 0.717) is 11.6 Å². The van der Waals surface area contributed by atoms with Crippen molar-refractivity contribution in [2.75, 3.05) is 11.1 Å². The second-order valence-corrected chi connectivity index (χ2v) is 4.19. The normalized spacial score (nSPS) is 10.8. The first kappa shape index (κ1) is 11.4. The number of anilines is 3. The average Bonchev–Trinajstić information content (AvgIpc) is 2.63. The van der Waals surface area contributed by atoms with Crippen molar-refractivity contribution in [3.63, 3.8) is 0 Å². The topological polar surface area (TPSA) is 81.6 Å². The Morgan fingerprint density at radius 1 is 1.29 bits per heavy atom. The summed E-state index contributed by atoms with van der Waals surface area (Å²) in [5, 5.41) is 7.31. The Labute approximate surface area is 99.9 Å². The van der Waals surface area contributed by atoms with Crippen LogP contribution in [-0.4, -0.2) is 19.7 Å². The van der Waals surface area contributed by atoms with Gasteiger partial charge in [-0.1, -0.05) is 13.8 Å². The number of nitrogen functional groups attached to an aromatic ring is 1. The first-order valence-electron chi connectivity index (χ1n) is 5.45. The molecule has 0 aliphatic carbocycles. The molecule has 3 N–H and O–H groups in total. The van der Waals surface area contributed by atoms with Gasteiger partial charge in [-0.3, -0.25) is 4.68 Å². The van der Waals surface area contributed by atoms with Crippen molar-refractivity contribution >= 4 is 17.5 Å². The number of nitrogens with zero attached hydrogens (tertiary/aromatic N) is 4. The molecule has 0 aliphatic heterocycles. The Morgan fingerprint density at radius 3 is 2.65 bits per heavy atom.